The van der Waals surface area contributed by atoms with Crippen molar-refractivity contribution in [3.8, 4) is 17.2 Å². The van der Waals surface area contributed by atoms with Crippen LogP contribution in [0.2, 0.25) is 0 Å². The van der Waals surface area contributed by atoms with E-state index in [0.29, 0.717) is 33.9 Å². The van der Waals surface area contributed by atoms with Gasteiger partial charge in [-0.1, -0.05) is 6.07 Å². The maximum absolute atomic E-state index is 12.6. The highest BCUT2D eigenvalue weighted by Gasteiger charge is 2.15. The van der Waals surface area contributed by atoms with Crippen LogP contribution in [0.4, 0.5) is 5.69 Å². The molecule has 0 atom stereocenters. The molecule has 0 aliphatic carbocycles. The summed E-state index contributed by atoms with van der Waals surface area (Å²) in [6.45, 7) is 0. The van der Waals surface area contributed by atoms with Gasteiger partial charge in [0.15, 0.2) is 11.5 Å². The molecular weight excluding hydrogens is 490 g/mol. The number of nitrogens with zero attached hydrogens (tertiary/aromatic N) is 1. The molecule has 0 saturated heterocycles. The van der Waals surface area contributed by atoms with Gasteiger partial charge in [0.25, 0.3) is 11.8 Å². The fraction of sp³-hybridized carbons (Fsp3) is 0.0714. The maximum atomic E-state index is 12.6. The van der Waals surface area contributed by atoms with E-state index in [2.05, 4.69) is 15.8 Å². The molecule has 3 aromatic carbocycles. The lowest BCUT2D eigenvalue weighted by atomic mass is 10.1. The van der Waals surface area contributed by atoms with Crippen molar-refractivity contribution in [1.82, 2.24) is 5.43 Å². The minimum Gasteiger partial charge on any atom is -0.497 e. The summed E-state index contributed by atoms with van der Waals surface area (Å²) in [5, 5.41) is 6.74. The average molecular weight is 514 g/mol. The van der Waals surface area contributed by atoms with Crippen LogP contribution in [0.15, 0.2) is 94.6 Å². The van der Waals surface area contributed by atoms with Crippen LogP contribution in [0.3, 0.4) is 0 Å². The molecule has 192 valence electrons. The summed E-state index contributed by atoms with van der Waals surface area (Å²) < 4.78 is 20.7. The van der Waals surface area contributed by atoms with Gasteiger partial charge >= 0.3 is 5.97 Å². The zero-order valence-electron chi connectivity index (χ0n) is 20.5. The number of hydrazone groups is 1. The van der Waals surface area contributed by atoms with E-state index in [0.717, 1.165) is 0 Å². The van der Waals surface area contributed by atoms with E-state index >= 15 is 0 Å². The molecule has 10 nitrogen and oxygen atoms in total. The normalized spacial score (nSPS) is 10.6. The third-order valence-electron chi connectivity index (χ3n) is 5.23. The van der Waals surface area contributed by atoms with Gasteiger partial charge in [0.05, 0.1) is 26.7 Å². The Morgan fingerprint density at radius 3 is 2.34 bits per heavy atom. The van der Waals surface area contributed by atoms with Gasteiger partial charge in [-0.15, -0.1) is 0 Å². The van der Waals surface area contributed by atoms with Crippen molar-refractivity contribution in [3.63, 3.8) is 0 Å². The number of nitrogens with one attached hydrogen (secondary N) is 2. The second-order valence-electron chi connectivity index (χ2n) is 7.74. The second-order valence-corrected chi connectivity index (χ2v) is 7.74. The topological polar surface area (TPSA) is 128 Å². The van der Waals surface area contributed by atoms with Crippen molar-refractivity contribution in [2.45, 2.75) is 0 Å². The number of amides is 2. The molecule has 0 spiro atoms. The van der Waals surface area contributed by atoms with Gasteiger partial charge in [-0.2, -0.15) is 5.10 Å². The predicted molar refractivity (Wildman–Crippen MR) is 139 cm³/mol. The minimum atomic E-state index is -0.663. The van der Waals surface area contributed by atoms with Gasteiger partial charge in [-0.3, -0.25) is 9.59 Å². The molecule has 0 saturated carbocycles. The Labute approximate surface area is 217 Å². The van der Waals surface area contributed by atoms with Gasteiger partial charge in [0, 0.05) is 16.8 Å². The zero-order valence-corrected chi connectivity index (χ0v) is 20.5. The average Bonchev–Trinajstić information content (AvgIpc) is 3.49. The molecule has 0 unspecified atom stereocenters. The lowest BCUT2D eigenvalue weighted by Crippen LogP contribution is -2.18. The number of carbonyl (C=O) groups is 3. The Bertz CT molecular complexity index is 1460. The zero-order chi connectivity index (χ0) is 26.9. The van der Waals surface area contributed by atoms with Gasteiger partial charge in [-0.05, 0) is 78.4 Å². The second kappa shape index (κ2) is 12.0. The van der Waals surface area contributed by atoms with Crippen LogP contribution in [0, 0.1) is 0 Å². The Kier molecular flexibility index (Phi) is 8.15. The maximum Gasteiger partial charge on any atom is 0.379 e. The summed E-state index contributed by atoms with van der Waals surface area (Å²) in [6.07, 6.45) is 2.78. The van der Waals surface area contributed by atoms with E-state index in [1.807, 2.05) is 0 Å². The first-order chi connectivity index (χ1) is 18.5. The van der Waals surface area contributed by atoms with Gasteiger partial charge in [-0.25, -0.2) is 10.2 Å². The Morgan fingerprint density at radius 2 is 1.63 bits per heavy atom. The van der Waals surface area contributed by atoms with Crippen molar-refractivity contribution < 1.29 is 33.0 Å². The van der Waals surface area contributed by atoms with Gasteiger partial charge in [0.2, 0.25) is 5.76 Å². The lowest BCUT2D eigenvalue weighted by Gasteiger charge is -2.09. The quantitative estimate of drug-likeness (QED) is 0.146. The summed E-state index contributed by atoms with van der Waals surface area (Å²) in [5.41, 5.74) is 4.22. The predicted octanol–water partition coefficient (Wildman–Crippen LogP) is 4.53. The summed E-state index contributed by atoms with van der Waals surface area (Å²) in [5.74, 6) is -0.268. The molecule has 0 bridgehead atoms. The molecule has 0 radical (unpaired) electrons. The molecule has 0 aliphatic heterocycles. The number of hydrogen-bond donors (Lipinski definition) is 2. The van der Waals surface area contributed by atoms with Crippen molar-refractivity contribution in [2.75, 3.05) is 19.5 Å². The molecule has 2 N–H and O–H groups in total. The van der Waals surface area contributed by atoms with Crippen molar-refractivity contribution in [1.29, 1.82) is 0 Å². The fourth-order valence-electron chi connectivity index (χ4n) is 3.31. The lowest BCUT2D eigenvalue weighted by molar-refractivity contribution is 0.0696. The number of anilines is 1. The van der Waals surface area contributed by atoms with Crippen molar-refractivity contribution in [3.05, 3.63) is 108 Å². The summed E-state index contributed by atoms with van der Waals surface area (Å²) in [6, 6.07) is 21.0. The van der Waals surface area contributed by atoms with Gasteiger partial charge < -0.3 is 23.9 Å². The number of rotatable bonds is 9. The van der Waals surface area contributed by atoms with Crippen LogP contribution in [-0.2, 0) is 0 Å². The molecule has 1 aromatic heterocycles. The molecule has 10 heteroatoms. The molecule has 1 heterocycles. The largest absolute Gasteiger partial charge is 0.497 e. The highest BCUT2D eigenvalue weighted by molar-refractivity contribution is 6.05. The van der Waals surface area contributed by atoms with Crippen molar-refractivity contribution in [2.24, 2.45) is 5.10 Å². The van der Waals surface area contributed by atoms with E-state index in [1.165, 1.54) is 37.8 Å². The van der Waals surface area contributed by atoms with E-state index in [-0.39, 0.29) is 17.4 Å². The van der Waals surface area contributed by atoms with E-state index in [9.17, 15) is 14.4 Å². The third kappa shape index (κ3) is 6.43. The highest BCUT2D eigenvalue weighted by atomic mass is 16.6. The third-order valence-corrected chi connectivity index (χ3v) is 5.23. The Hall–Kier alpha value is -5.38. The number of esters is 1. The SMILES string of the molecule is COc1ccc(C(=O)Nc2cccc(C(=O)NN=Cc3ccc(OC(=O)c4ccco4)c(OC)c3)c2)cc1. The first kappa shape index (κ1) is 25.7. The number of ether oxygens (including phenoxy) is 3. The first-order valence-corrected chi connectivity index (χ1v) is 11.3. The number of methoxy groups -OCH3 is 2. The summed E-state index contributed by atoms with van der Waals surface area (Å²) >= 11 is 0. The molecular formula is C28H23N3O7. The van der Waals surface area contributed by atoms with E-state index < -0.39 is 11.9 Å². The van der Waals surface area contributed by atoms with E-state index in [1.54, 1.807) is 67.8 Å². The van der Waals surface area contributed by atoms with Crippen LogP contribution in [0.25, 0.3) is 0 Å². The van der Waals surface area contributed by atoms with Crippen molar-refractivity contribution >= 4 is 29.7 Å². The number of hydrogen-bond acceptors (Lipinski definition) is 8. The smallest absolute Gasteiger partial charge is 0.379 e. The Morgan fingerprint density at radius 1 is 0.816 bits per heavy atom. The van der Waals surface area contributed by atoms with Crippen LogP contribution >= 0.6 is 0 Å². The fourth-order valence-corrected chi connectivity index (χ4v) is 3.31. The minimum absolute atomic E-state index is 0.0600. The molecule has 0 fully saturated rings. The summed E-state index contributed by atoms with van der Waals surface area (Å²) in [7, 11) is 2.98. The molecule has 4 aromatic rings. The number of benzene rings is 3. The standard InChI is InChI=1S/C28H23N3O7/c1-35-22-11-9-19(10-12-22)26(32)30-21-6-3-5-20(16-21)27(33)31-29-17-18-8-13-23(25(15-18)36-2)38-28(34)24-7-4-14-37-24/h3-17H,1-2H3,(H,30,32)(H,31,33). The first-order valence-electron chi connectivity index (χ1n) is 11.3. The number of carbonyl (C=O) groups excluding carboxylic acids is 3. The molecule has 0 aliphatic rings. The highest BCUT2D eigenvalue weighted by Crippen LogP contribution is 2.28. The van der Waals surface area contributed by atoms with Crippen LogP contribution in [0.1, 0.15) is 36.8 Å². The number of furan rings is 1. The molecule has 38 heavy (non-hydrogen) atoms. The van der Waals surface area contributed by atoms with E-state index in [4.69, 9.17) is 18.6 Å². The van der Waals surface area contributed by atoms with Crippen LogP contribution in [0.5, 0.6) is 17.2 Å². The van der Waals surface area contributed by atoms with Crippen LogP contribution in [-0.4, -0.2) is 38.2 Å². The molecule has 4 rings (SSSR count). The Balaban J connectivity index is 1.36. The van der Waals surface area contributed by atoms with Crippen LogP contribution < -0.4 is 25.0 Å². The summed E-state index contributed by atoms with van der Waals surface area (Å²) in [4.78, 5) is 37.2. The molecule has 2 amide bonds. The monoisotopic (exact) mass is 513 g/mol. The van der Waals surface area contributed by atoms with Gasteiger partial charge in [0.1, 0.15) is 5.75 Å².